The summed E-state index contributed by atoms with van der Waals surface area (Å²) < 4.78 is 6.08. The molecule has 0 radical (unpaired) electrons. The summed E-state index contributed by atoms with van der Waals surface area (Å²) in [7, 11) is 0. The maximum absolute atomic E-state index is 14.0. The van der Waals surface area contributed by atoms with Crippen LogP contribution in [-0.4, -0.2) is 5.78 Å². The number of anilines is 1. The highest BCUT2D eigenvalue weighted by Gasteiger charge is 2.45. The van der Waals surface area contributed by atoms with Crippen molar-refractivity contribution >= 4 is 46.3 Å². The van der Waals surface area contributed by atoms with E-state index in [1.807, 2.05) is 38.1 Å². The molecule has 210 valence electrons. The van der Waals surface area contributed by atoms with Gasteiger partial charge in [-0.3, -0.25) is 9.69 Å². The van der Waals surface area contributed by atoms with Gasteiger partial charge in [-0.1, -0.05) is 78.5 Å². The standard InChI is InChI=1S/C33H30Cl3N3O2/c1-18-9-20(17-41-29-8-6-5-7-26(29)36)19(2)24(10-18)30-25(16-37)32(38)39(23-12-21(34)11-22(35)13-23)27-14-33(3,4)15-28(40)31(27)30/h5-13,30H,14-15,17,38H2,1-4H3. The number of rotatable bonds is 5. The first-order valence-electron chi connectivity index (χ1n) is 13.3. The number of aryl methyl sites for hydroxylation is 1. The van der Waals surface area contributed by atoms with Crippen LogP contribution < -0.4 is 15.4 Å². The summed E-state index contributed by atoms with van der Waals surface area (Å²) in [5.41, 5.74) is 12.5. The van der Waals surface area contributed by atoms with Crippen molar-refractivity contribution in [3.8, 4) is 11.8 Å². The lowest BCUT2D eigenvalue weighted by Gasteiger charge is -2.44. The van der Waals surface area contributed by atoms with Gasteiger partial charge in [0.2, 0.25) is 0 Å². The Hall–Kier alpha value is -3.43. The minimum Gasteiger partial charge on any atom is -0.487 e. The Bertz CT molecular complexity index is 1660. The summed E-state index contributed by atoms with van der Waals surface area (Å²) in [6, 6.07) is 18.9. The van der Waals surface area contributed by atoms with Crippen LogP contribution >= 0.6 is 34.8 Å². The van der Waals surface area contributed by atoms with E-state index in [9.17, 15) is 10.1 Å². The molecular weight excluding hydrogens is 577 g/mol. The van der Waals surface area contributed by atoms with Crippen LogP contribution in [0.2, 0.25) is 15.1 Å². The molecule has 2 aliphatic rings. The second kappa shape index (κ2) is 11.1. The van der Waals surface area contributed by atoms with Crippen molar-refractivity contribution in [3.05, 3.63) is 115 Å². The topological polar surface area (TPSA) is 79.3 Å². The first-order chi connectivity index (χ1) is 19.4. The average molecular weight is 607 g/mol. The molecule has 0 amide bonds. The number of hydrogen-bond donors (Lipinski definition) is 1. The first-order valence-corrected chi connectivity index (χ1v) is 14.4. The third-order valence-corrected chi connectivity index (χ3v) is 8.47. The third-order valence-electron chi connectivity index (χ3n) is 7.72. The number of nitrogens with two attached hydrogens (primary N) is 1. The highest BCUT2D eigenvalue weighted by molar-refractivity contribution is 6.35. The van der Waals surface area contributed by atoms with E-state index in [1.54, 1.807) is 29.2 Å². The van der Waals surface area contributed by atoms with Crippen LogP contribution in [0.3, 0.4) is 0 Å². The molecule has 5 rings (SSSR count). The van der Waals surface area contributed by atoms with Gasteiger partial charge in [-0.2, -0.15) is 5.26 Å². The molecule has 3 aromatic carbocycles. The number of carbonyl (C=O) groups is 1. The molecular formula is C33H30Cl3N3O2. The van der Waals surface area contributed by atoms with Crippen LogP contribution in [0.5, 0.6) is 5.75 Å². The maximum Gasteiger partial charge on any atom is 0.162 e. The third kappa shape index (κ3) is 5.57. The van der Waals surface area contributed by atoms with Crippen LogP contribution in [0.25, 0.3) is 0 Å². The molecule has 3 aromatic rings. The Balaban J connectivity index is 1.69. The lowest BCUT2D eigenvalue weighted by Crippen LogP contribution is -2.42. The monoisotopic (exact) mass is 605 g/mol. The van der Waals surface area contributed by atoms with E-state index >= 15 is 0 Å². The van der Waals surface area contributed by atoms with Crippen molar-refractivity contribution in [1.29, 1.82) is 5.26 Å². The fraction of sp³-hybridized carbons (Fsp3) is 0.273. The highest BCUT2D eigenvalue weighted by Crippen LogP contribution is 2.51. The van der Waals surface area contributed by atoms with Gasteiger partial charge < -0.3 is 10.5 Å². The number of nitriles is 1. The van der Waals surface area contributed by atoms with Crippen molar-refractivity contribution in [2.24, 2.45) is 11.1 Å². The lowest BCUT2D eigenvalue weighted by molar-refractivity contribution is -0.118. The van der Waals surface area contributed by atoms with Crippen LogP contribution in [0, 0.1) is 30.6 Å². The smallest absolute Gasteiger partial charge is 0.162 e. The Morgan fingerprint density at radius 1 is 1.05 bits per heavy atom. The number of ether oxygens (including phenoxy) is 1. The van der Waals surface area contributed by atoms with Crippen LogP contribution in [0.4, 0.5) is 5.69 Å². The zero-order valence-corrected chi connectivity index (χ0v) is 25.6. The second-order valence-corrected chi connectivity index (χ2v) is 12.7. The van der Waals surface area contributed by atoms with Gasteiger partial charge in [0, 0.05) is 27.7 Å². The quantitative estimate of drug-likeness (QED) is 0.314. The molecule has 2 N–H and O–H groups in total. The summed E-state index contributed by atoms with van der Waals surface area (Å²) in [5, 5.41) is 11.9. The normalized spacial score (nSPS) is 18.3. The molecule has 1 unspecified atom stereocenters. The summed E-state index contributed by atoms with van der Waals surface area (Å²) in [5.74, 6) is 0.217. The van der Waals surface area contributed by atoms with Gasteiger partial charge in [-0.15, -0.1) is 0 Å². The minimum absolute atomic E-state index is 0.00519. The molecule has 5 nitrogen and oxygen atoms in total. The zero-order valence-electron chi connectivity index (χ0n) is 23.3. The van der Waals surface area contributed by atoms with Crippen molar-refractivity contribution < 1.29 is 9.53 Å². The molecule has 8 heteroatoms. The Labute approximate surface area is 255 Å². The van der Waals surface area contributed by atoms with Crippen molar-refractivity contribution in [2.75, 3.05) is 4.90 Å². The van der Waals surface area contributed by atoms with Gasteiger partial charge in [0.05, 0.1) is 28.3 Å². The van der Waals surface area contributed by atoms with E-state index in [1.165, 1.54) is 0 Å². The number of allylic oxidation sites excluding steroid dienone is 3. The van der Waals surface area contributed by atoms with Gasteiger partial charge >= 0.3 is 0 Å². The number of halogens is 3. The van der Waals surface area contributed by atoms with Crippen molar-refractivity contribution in [2.45, 2.75) is 53.1 Å². The summed E-state index contributed by atoms with van der Waals surface area (Å²) in [6.45, 7) is 8.39. The van der Waals surface area contributed by atoms with Crippen LogP contribution in [0.15, 0.2) is 77.3 Å². The fourth-order valence-corrected chi connectivity index (χ4v) is 6.62. The van der Waals surface area contributed by atoms with E-state index in [2.05, 4.69) is 26.0 Å². The first kappa shape index (κ1) is 29.1. The molecule has 0 spiro atoms. The highest BCUT2D eigenvalue weighted by atomic mass is 35.5. The molecule has 1 aliphatic carbocycles. The lowest BCUT2D eigenvalue weighted by atomic mass is 9.68. The van der Waals surface area contributed by atoms with E-state index in [4.69, 9.17) is 45.3 Å². The van der Waals surface area contributed by atoms with Crippen molar-refractivity contribution in [1.82, 2.24) is 0 Å². The molecule has 1 atom stereocenters. The number of hydrogen-bond acceptors (Lipinski definition) is 5. The predicted octanol–water partition coefficient (Wildman–Crippen LogP) is 8.78. The Morgan fingerprint density at radius 3 is 2.39 bits per heavy atom. The molecule has 41 heavy (non-hydrogen) atoms. The molecule has 0 bridgehead atoms. The molecule has 0 saturated heterocycles. The SMILES string of the molecule is Cc1cc(COc2ccccc2Cl)c(C)c(C2C(C#N)=C(N)N(c3cc(Cl)cc(Cl)c3)C3=C2C(=O)CC(C)(C)C3)c1. The van der Waals surface area contributed by atoms with Crippen LogP contribution in [0.1, 0.15) is 54.9 Å². The summed E-state index contributed by atoms with van der Waals surface area (Å²) in [4.78, 5) is 15.8. The van der Waals surface area contributed by atoms with Gasteiger partial charge in [0.15, 0.2) is 5.78 Å². The van der Waals surface area contributed by atoms with Gasteiger partial charge in [-0.05, 0) is 72.7 Å². The number of nitrogens with zero attached hydrogens (tertiary/aromatic N) is 2. The predicted molar refractivity (Wildman–Crippen MR) is 165 cm³/mol. The summed E-state index contributed by atoms with van der Waals surface area (Å²) >= 11 is 19.1. The van der Waals surface area contributed by atoms with E-state index in [0.29, 0.717) is 50.5 Å². The van der Waals surface area contributed by atoms with Crippen LogP contribution in [-0.2, 0) is 11.4 Å². The van der Waals surface area contributed by atoms with Crippen molar-refractivity contribution in [3.63, 3.8) is 0 Å². The number of benzene rings is 3. The Morgan fingerprint density at radius 2 is 1.73 bits per heavy atom. The number of ketones is 1. The van der Waals surface area contributed by atoms with Gasteiger partial charge in [0.1, 0.15) is 18.2 Å². The molecule has 0 aromatic heterocycles. The van der Waals surface area contributed by atoms with Gasteiger partial charge in [0.25, 0.3) is 0 Å². The van der Waals surface area contributed by atoms with E-state index in [0.717, 1.165) is 28.0 Å². The van der Waals surface area contributed by atoms with E-state index < -0.39 is 5.92 Å². The molecule has 1 heterocycles. The van der Waals surface area contributed by atoms with E-state index in [-0.39, 0.29) is 23.6 Å². The molecule has 0 saturated carbocycles. The number of carbonyl (C=O) groups excluding carboxylic acids is 1. The fourth-order valence-electron chi connectivity index (χ4n) is 5.91. The minimum atomic E-state index is -0.622. The zero-order chi connectivity index (χ0) is 29.6. The average Bonchev–Trinajstić information content (AvgIpc) is 2.88. The molecule has 0 fully saturated rings. The second-order valence-electron chi connectivity index (χ2n) is 11.5. The largest absolute Gasteiger partial charge is 0.487 e. The number of Topliss-reactive ketones (excluding diaryl/α,β-unsaturated/α-hetero) is 1. The number of para-hydroxylation sites is 1. The summed E-state index contributed by atoms with van der Waals surface area (Å²) in [6.07, 6.45) is 0.944. The van der Waals surface area contributed by atoms with Gasteiger partial charge in [-0.25, -0.2) is 0 Å². The molecule has 1 aliphatic heterocycles. The maximum atomic E-state index is 14.0. The Kier molecular flexibility index (Phi) is 7.87.